The Balaban J connectivity index is 2.09. The molecule has 8 heteroatoms. The molecule has 1 aliphatic carbocycles. The Morgan fingerprint density at radius 1 is 1.52 bits per heavy atom. The summed E-state index contributed by atoms with van der Waals surface area (Å²) < 4.78 is 28.2. The molecule has 1 saturated carbocycles. The Morgan fingerprint density at radius 2 is 2.19 bits per heavy atom. The molecule has 6 nitrogen and oxygen atoms in total. The molecule has 0 aromatic carbocycles. The number of aromatic nitrogens is 1. The molecule has 1 atom stereocenters. The molecule has 0 bridgehead atoms. The summed E-state index contributed by atoms with van der Waals surface area (Å²) in [5.41, 5.74) is 0. The van der Waals surface area contributed by atoms with Gasteiger partial charge < -0.3 is 5.32 Å². The van der Waals surface area contributed by atoms with E-state index < -0.39 is 10.0 Å². The largest absolute Gasteiger partial charge is 0.372 e. The highest BCUT2D eigenvalue weighted by atomic mass is 79.9. The van der Waals surface area contributed by atoms with Crippen LogP contribution in [0.15, 0.2) is 21.6 Å². The summed E-state index contributed by atoms with van der Waals surface area (Å²) in [6, 6.07) is 2.31. The molecule has 1 aliphatic rings. The average molecular weight is 377 g/mol. The lowest BCUT2D eigenvalue weighted by atomic mass is 10.3. The van der Waals surface area contributed by atoms with Crippen molar-refractivity contribution >= 4 is 31.8 Å². The van der Waals surface area contributed by atoms with Crippen LogP contribution in [-0.4, -0.2) is 51.0 Å². The topological polar surface area (TPSA) is 74.3 Å². The average Bonchev–Trinajstić information content (AvgIpc) is 3.28. The number of likely N-dealkylation sites (N-methyl/N-ethyl adjacent to an activating group) is 1. The number of anilines is 1. The summed E-state index contributed by atoms with van der Waals surface area (Å²) in [6.07, 6.45) is 3.97. The minimum absolute atomic E-state index is 0.153. The van der Waals surface area contributed by atoms with Crippen molar-refractivity contribution < 1.29 is 8.42 Å². The fourth-order valence-corrected chi connectivity index (χ4v) is 3.90. The van der Waals surface area contributed by atoms with Gasteiger partial charge in [-0.3, -0.25) is 4.90 Å². The zero-order valence-electron chi connectivity index (χ0n) is 12.4. The predicted molar refractivity (Wildman–Crippen MR) is 86.9 cm³/mol. The van der Waals surface area contributed by atoms with Crippen LogP contribution in [-0.2, 0) is 10.0 Å². The molecule has 0 spiro atoms. The highest BCUT2D eigenvalue weighted by Crippen LogP contribution is 2.27. The van der Waals surface area contributed by atoms with E-state index in [1.54, 1.807) is 19.3 Å². The molecular formula is C13H21BrN4O2S. The van der Waals surface area contributed by atoms with Crippen LogP contribution >= 0.6 is 15.9 Å². The second kappa shape index (κ2) is 6.60. The maximum absolute atomic E-state index is 12.4. The Morgan fingerprint density at radius 3 is 2.76 bits per heavy atom. The first-order valence-corrected chi connectivity index (χ1v) is 9.17. The lowest BCUT2D eigenvalue weighted by molar-refractivity contribution is 0.248. The number of nitrogens with one attached hydrogen (secondary N) is 2. The van der Waals surface area contributed by atoms with E-state index in [4.69, 9.17) is 0 Å². The van der Waals surface area contributed by atoms with Gasteiger partial charge in [0.05, 0.1) is 0 Å². The molecule has 1 heterocycles. The Labute approximate surface area is 134 Å². The van der Waals surface area contributed by atoms with Gasteiger partial charge in [-0.15, -0.1) is 0 Å². The van der Waals surface area contributed by atoms with Crippen molar-refractivity contribution in [2.24, 2.45) is 0 Å². The van der Waals surface area contributed by atoms with Gasteiger partial charge in [-0.1, -0.05) is 0 Å². The first kappa shape index (κ1) is 16.7. The molecule has 0 aliphatic heterocycles. The van der Waals surface area contributed by atoms with Crippen LogP contribution in [0.25, 0.3) is 0 Å². The zero-order valence-corrected chi connectivity index (χ0v) is 14.8. The molecule has 1 unspecified atom stereocenters. The van der Waals surface area contributed by atoms with Gasteiger partial charge in [0, 0.05) is 36.3 Å². The molecule has 0 radical (unpaired) electrons. The first-order chi connectivity index (χ1) is 9.85. The minimum atomic E-state index is -3.59. The third-order valence-corrected chi connectivity index (χ3v) is 5.60. The van der Waals surface area contributed by atoms with E-state index in [9.17, 15) is 8.42 Å². The van der Waals surface area contributed by atoms with Crippen LogP contribution in [0.3, 0.4) is 0 Å². The van der Waals surface area contributed by atoms with Crippen molar-refractivity contribution in [2.75, 3.05) is 26.0 Å². The van der Waals surface area contributed by atoms with E-state index in [1.807, 2.05) is 14.0 Å². The number of hydrogen-bond acceptors (Lipinski definition) is 5. The maximum Gasteiger partial charge on any atom is 0.244 e. The number of nitrogens with zero attached hydrogens (tertiary/aromatic N) is 2. The lowest BCUT2D eigenvalue weighted by Crippen LogP contribution is -2.41. The van der Waals surface area contributed by atoms with Crippen LogP contribution in [0, 0.1) is 0 Å². The molecular weight excluding hydrogens is 356 g/mol. The van der Waals surface area contributed by atoms with Crippen molar-refractivity contribution in [1.29, 1.82) is 0 Å². The summed E-state index contributed by atoms with van der Waals surface area (Å²) in [4.78, 5) is 6.45. The Bertz CT molecular complexity index is 604. The van der Waals surface area contributed by atoms with Crippen molar-refractivity contribution in [1.82, 2.24) is 14.6 Å². The normalized spacial score (nSPS) is 17.0. The molecule has 21 heavy (non-hydrogen) atoms. The molecule has 2 N–H and O–H groups in total. The van der Waals surface area contributed by atoms with Gasteiger partial charge >= 0.3 is 0 Å². The van der Waals surface area contributed by atoms with Gasteiger partial charge in [0.2, 0.25) is 10.0 Å². The monoisotopic (exact) mass is 376 g/mol. The third kappa shape index (κ3) is 4.15. The number of pyridine rings is 1. The van der Waals surface area contributed by atoms with Crippen molar-refractivity contribution in [3.05, 3.63) is 16.7 Å². The van der Waals surface area contributed by atoms with Gasteiger partial charge in [-0.25, -0.2) is 18.1 Å². The highest BCUT2D eigenvalue weighted by Gasteiger charge is 2.30. The van der Waals surface area contributed by atoms with Crippen LogP contribution in [0.5, 0.6) is 0 Å². The van der Waals surface area contributed by atoms with Crippen molar-refractivity contribution in [3.8, 4) is 0 Å². The van der Waals surface area contributed by atoms with Gasteiger partial charge in [0.25, 0.3) is 0 Å². The molecule has 1 fully saturated rings. The Hall–Kier alpha value is -0.700. The quantitative estimate of drug-likeness (QED) is 0.756. The van der Waals surface area contributed by atoms with E-state index in [2.05, 4.69) is 35.9 Å². The molecule has 0 saturated heterocycles. The number of rotatable bonds is 7. The van der Waals surface area contributed by atoms with E-state index in [-0.39, 0.29) is 10.9 Å². The number of halogens is 1. The maximum atomic E-state index is 12.4. The third-order valence-electron chi connectivity index (χ3n) is 3.73. The van der Waals surface area contributed by atoms with Crippen LogP contribution in [0.4, 0.5) is 5.82 Å². The molecule has 0 amide bonds. The summed E-state index contributed by atoms with van der Waals surface area (Å²) >= 11 is 3.26. The SMILES string of the molecule is CNc1ncc(Br)cc1S(=O)(=O)NCC(C)N(C)C1CC1. The fourth-order valence-electron chi connectivity index (χ4n) is 2.11. The lowest BCUT2D eigenvalue weighted by Gasteiger charge is -2.24. The van der Waals surface area contributed by atoms with Crippen LogP contribution in [0.1, 0.15) is 19.8 Å². The van der Waals surface area contributed by atoms with Gasteiger partial charge in [-0.2, -0.15) is 0 Å². The van der Waals surface area contributed by atoms with Gasteiger partial charge in [0.1, 0.15) is 10.7 Å². The van der Waals surface area contributed by atoms with E-state index in [0.717, 1.165) is 0 Å². The van der Waals surface area contributed by atoms with Crippen LogP contribution in [0.2, 0.25) is 0 Å². The van der Waals surface area contributed by atoms with Gasteiger partial charge in [0.15, 0.2) is 0 Å². The van der Waals surface area contributed by atoms with E-state index >= 15 is 0 Å². The first-order valence-electron chi connectivity index (χ1n) is 6.90. The standard InChI is InChI=1S/C13H21BrN4O2S/c1-9(18(3)11-4-5-11)7-17-21(19,20)12-6-10(14)8-16-13(12)15-2/h6,8-9,11,17H,4-5,7H2,1-3H3,(H,15,16). The zero-order chi connectivity index (χ0) is 15.6. The second-order valence-corrected chi connectivity index (χ2v) is 8.00. The number of sulfonamides is 1. The summed E-state index contributed by atoms with van der Waals surface area (Å²) in [5.74, 6) is 0.342. The molecule has 1 aromatic heterocycles. The van der Waals surface area contributed by atoms with Crippen LogP contribution < -0.4 is 10.0 Å². The minimum Gasteiger partial charge on any atom is -0.372 e. The molecule has 2 rings (SSSR count). The van der Waals surface area contributed by atoms with Crippen molar-refractivity contribution in [3.63, 3.8) is 0 Å². The number of hydrogen-bond donors (Lipinski definition) is 2. The summed E-state index contributed by atoms with van der Waals surface area (Å²) in [6.45, 7) is 2.41. The smallest absolute Gasteiger partial charge is 0.244 e. The van der Waals surface area contributed by atoms with E-state index in [0.29, 0.717) is 22.9 Å². The Kier molecular flexibility index (Phi) is 5.24. The molecule has 118 valence electrons. The predicted octanol–water partition coefficient (Wildman–Crippen LogP) is 1.65. The highest BCUT2D eigenvalue weighted by molar-refractivity contribution is 9.10. The second-order valence-electron chi connectivity index (χ2n) is 5.35. The fraction of sp³-hybridized carbons (Fsp3) is 0.615. The van der Waals surface area contributed by atoms with E-state index in [1.165, 1.54) is 12.8 Å². The molecule has 1 aromatic rings. The van der Waals surface area contributed by atoms with Gasteiger partial charge in [-0.05, 0) is 48.8 Å². The summed E-state index contributed by atoms with van der Waals surface area (Å²) in [7, 11) is 0.0985. The summed E-state index contributed by atoms with van der Waals surface area (Å²) in [5, 5.41) is 2.81. The van der Waals surface area contributed by atoms with Crippen molar-refractivity contribution in [2.45, 2.75) is 36.7 Å².